The summed E-state index contributed by atoms with van der Waals surface area (Å²) < 4.78 is 4.83. The predicted octanol–water partition coefficient (Wildman–Crippen LogP) is 2.12. The molecule has 0 saturated carbocycles. The number of nitrogens with one attached hydrogen (secondary N) is 1. The minimum atomic E-state index is -0.428. The minimum absolute atomic E-state index is 0.325. The van der Waals surface area contributed by atoms with Crippen LogP contribution in [0.15, 0.2) is 54.9 Å². The molecule has 0 unspecified atom stereocenters. The number of pyridine rings is 1. The lowest BCUT2D eigenvalue weighted by Gasteiger charge is -2.35. The molecular weight excluding hydrogens is 370 g/mol. The Kier molecular flexibility index (Phi) is 5.46. The van der Waals surface area contributed by atoms with E-state index in [0.717, 1.165) is 37.8 Å². The molecule has 1 aliphatic heterocycles. The topological polar surface area (TPSA) is 96.4 Å². The molecule has 0 spiro atoms. The predicted molar refractivity (Wildman–Crippen MR) is 110 cm³/mol. The largest absolute Gasteiger partial charge is 0.465 e. The lowest BCUT2D eigenvalue weighted by molar-refractivity contribution is 0.0602. The van der Waals surface area contributed by atoms with Gasteiger partial charge in [-0.1, -0.05) is 18.2 Å². The van der Waals surface area contributed by atoms with Crippen LogP contribution in [0.2, 0.25) is 0 Å². The maximum atomic E-state index is 11.9. The second-order valence-electron chi connectivity index (χ2n) is 6.46. The van der Waals surface area contributed by atoms with Crippen LogP contribution < -0.4 is 15.1 Å². The Labute approximate surface area is 168 Å². The Balaban J connectivity index is 1.46. The highest BCUT2D eigenvalue weighted by Crippen LogP contribution is 2.21. The Bertz CT molecular complexity index is 975. The van der Waals surface area contributed by atoms with Crippen molar-refractivity contribution < 1.29 is 9.53 Å². The van der Waals surface area contributed by atoms with Crippen LogP contribution in [0.3, 0.4) is 0 Å². The number of nitrogens with zero attached hydrogens (tertiary/aromatic N) is 6. The van der Waals surface area contributed by atoms with Gasteiger partial charge in [0.05, 0.1) is 24.6 Å². The zero-order chi connectivity index (χ0) is 20.1. The number of para-hydroxylation sites is 1. The van der Waals surface area contributed by atoms with Crippen LogP contribution in [0.25, 0.3) is 0 Å². The second kappa shape index (κ2) is 8.51. The summed E-state index contributed by atoms with van der Waals surface area (Å²) in [6, 6.07) is 13.0. The molecule has 3 heterocycles. The zero-order valence-electron chi connectivity index (χ0n) is 16.0. The molecule has 1 saturated heterocycles. The molecular formula is C20H21N7O2. The van der Waals surface area contributed by atoms with Crippen molar-refractivity contribution in [2.24, 2.45) is 0 Å². The Hall–Kier alpha value is -3.75. The number of hydrogen-bond donors (Lipinski definition) is 1. The number of piperazine rings is 1. The van der Waals surface area contributed by atoms with Gasteiger partial charge < -0.3 is 19.9 Å². The van der Waals surface area contributed by atoms with E-state index < -0.39 is 5.97 Å². The molecule has 0 bridgehead atoms. The number of benzene rings is 1. The molecule has 0 amide bonds. The summed E-state index contributed by atoms with van der Waals surface area (Å²) in [5.41, 5.74) is 0.978. The van der Waals surface area contributed by atoms with E-state index in [1.165, 1.54) is 7.11 Å². The molecule has 0 aliphatic carbocycles. The van der Waals surface area contributed by atoms with Gasteiger partial charge in [-0.05, 0) is 24.3 Å². The number of hydrogen-bond acceptors (Lipinski definition) is 9. The van der Waals surface area contributed by atoms with Gasteiger partial charge in [-0.15, -0.1) is 5.10 Å². The lowest BCUT2D eigenvalue weighted by atomic mass is 10.2. The molecule has 1 aliphatic rings. The molecule has 1 N–H and O–H groups in total. The quantitative estimate of drug-likeness (QED) is 0.656. The first-order valence-corrected chi connectivity index (χ1v) is 9.29. The van der Waals surface area contributed by atoms with Gasteiger partial charge in [0.25, 0.3) is 0 Å². The van der Waals surface area contributed by atoms with Gasteiger partial charge in [0.2, 0.25) is 5.95 Å². The standard InChI is InChI=1S/C20H21N7O2/c1-29-19(28)15-6-2-3-7-16(15)23-20-24-18(14-22-25-20)27-12-10-26(11-13-27)17-8-4-5-9-21-17/h2-9,14H,10-13H2,1H3,(H,23,24,25). The highest BCUT2D eigenvalue weighted by atomic mass is 16.5. The first-order chi connectivity index (χ1) is 14.2. The van der Waals surface area contributed by atoms with Crippen LogP contribution >= 0.6 is 0 Å². The van der Waals surface area contributed by atoms with Crippen molar-refractivity contribution in [2.75, 3.05) is 48.4 Å². The highest BCUT2D eigenvalue weighted by molar-refractivity contribution is 5.96. The van der Waals surface area contributed by atoms with Gasteiger partial charge in [0, 0.05) is 32.4 Å². The van der Waals surface area contributed by atoms with Crippen molar-refractivity contribution in [2.45, 2.75) is 0 Å². The van der Waals surface area contributed by atoms with Crippen LogP contribution in [0.4, 0.5) is 23.3 Å². The Morgan fingerprint density at radius 1 is 1.00 bits per heavy atom. The Morgan fingerprint density at radius 3 is 2.45 bits per heavy atom. The van der Waals surface area contributed by atoms with E-state index in [0.29, 0.717) is 17.2 Å². The maximum Gasteiger partial charge on any atom is 0.339 e. The maximum absolute atomic E-state index is 11.9. The first-order valence-electron chi connectivity index (χ1n) is 9.29. The summed E-state index contributed by atoms with van der Waals surface area (Å²) in [7, 11) is 1.35. The van der Waals surface area contributed by atoms with E-state index >= 15 is 0 Å². The zero-order valence-corrected chi connectivity index (χ0v) is 16.0. The van der Waals surface area contributed by atoms with E-state index in [1.807, 2.05) is 24.3 Å². The number of methoxy groups -OCH3 is 1. The van der Waals surface area contributed by atoms with Crippen LogP contribution in [0.1, 0.15) is 10.4 Å². The minimum Gasteiger partial charge on any atom is -0.465 e. The third kappa shape index (κ3) is 4.23. The molecule has 148 valence electrons. The van der Waals surface area contributed by atoms with Gasteiger partial charge in [-0.2, -0.15) is 10.1 Å². The molecule has 4 rings (SSSR count). The number of ether oxygens (including phenoxy) is 1. The molecule has 9 nitrogen and oxygen atoms in total. The fraction of sp³-hybridized carbons (Fsp3) is 0.250. The molecule has 1 fully saturated rings. The molecule has 3 aromatic rings. The number of anilines is 4. The van der Waals surface area contributed by atoms with Crippen LogP contribution in [-0.4, -0.2) is 59.4 Å². The number of rotatable bonds is 5. The summed E-state index contributed by atoms with van der Waals surface area (Å²) in [5, 5.41) is 11.2. The number of esters is 1. The molecule has 29 heavy (non-hydrogen) atoms. The molecule has 0 radical (unpaired) electrons. The van der Waals surface area contributed by atoms with Crippen LogP contribution in [-0.2, 0) is 4.74 Å². The number of aromatic nitrogens is 4. The summed E-state index contributed by atoms with van der Waals surface area (Å²) in [4.78, 5) is 25.3. The summed E-state index contributed by atoms with van der Waals surface area (Å²) in [6.45, 7) is 3.28. The average molecular weight is 391 g/mol. The number of carbonyl (C=O) groups excluding carboxylic acids is 1. The molecule has 2 aromatic heterocycles. The normalized spacial score (nSPS) is 13.8. The van der Waals surface area contributed by atoms with Gasteiger partial charge in [0.1, 0.15) is 5.82 Å². The van der Waals surface area contributed by atoms with Crippen molar-refractivity contribution in [3.63, 3.8) is 0 Å². The fourth-order valence-corrected chi connectivity index (χ4v) is 3.21. The average Bonchev–Trinajstić information content (AvgIpc) is 2.80. The fourth-order valence-electron chi connectivity index (χ4n) is 3.21. The third-order valence-electron chi connectivity index (χ3n) is 4.70. The van der Waals surface area contributed by atoms with E-state index in [9.17, 15) is 4.79 Å². The van der Waals surface area contributed by atoms with Crippen molar-refractivity contribution in [1.29, 1.82) is 0 Å². The summed E-state index contributed by atoms with van der Waals surface area (Å²) in [5.74, 6) is 1.61. The first kappa shape index (κ1) is 18.6. The summed E-state index contributed by atoms with van der Waals surface area (Å²) in [6.07, 6.45) is 3.45. The van der Waals surface area contributed by atoms with Gasteiger partial charge in [0.15, 0.2) is 5.82 Å². The lowest BCUT2D eigenvalue weighted by Crippen LogP contribution is -2.47. The molecule has 9 heteroatoms. The van der Waals surface area contributed by atoms with Crippen molar-refractivity contribution in [3.05, 3.63) is 60.4 Å². The van der Waals surface area contributed by atoms with Crippen molar-refractivity contribution >= 4 is 29.2 Å². The monoisotopic (exact) mass is 391 g/mol. The van der Waals surface area contributed by atoms with E-state index in [-0.39, 0.29) is 0 Å². The summed E-state index contributed by atoms with van der Waals surface area (Å²) >= 11 is 0. The Morgan fingerprint density at radius 2 is 1.72 bits per heavy atom. The van der Waals surface area contributed by atoms with Gasteiger partial charge in [-0.3, -0.25) is 0 Å². The van der Waals surface area contributed by atoms with Gasteiger partial charge >= 0.3 is 5.97 Å². The number of carbonyl (C=O) groups is 1. The van der Waals surface area contributed by atoms with Crippen molar-refractivity contribution in [1.82, 2.24) is 20.2 Å². The molecule has 1 aromatic carbocycles. The highest BCUT2D eigenvalue weighted by Gasteiger charge is 2.20. The van der Waals surface area contributed by atoms with E-state index in [1.54, 1.807) is 30.6 Å². The smallest absolute Gasteiger partial charge is 0.339 e. The van der Waals surface area contributed by atoms with Crippen molar-refractivity contribution in [3.8, 4) is 0 Å². The second-order valence-corrected chi connectivity index (χ2v) is 6.46. The third-order valence-corrected chi connectivity index (χ3v) is 4.70. The van der Waals surface area contributed by atoms with Gasteiger partial charge in [-0.25, -0.2) is 9.78 Å². The van der Waals surface area contributed by atoms with Crippen LogP contribution in [0.5, 0.6) is 0 Å². The van der Waals surface area contributed by atoms with Crippen LogP contribution in [0, 0.1) is 0 Å². The molecule has 0 atom stereocenters. The van der Waals surface area contributed by atoms with E-state index in [4.69, 9.17) is 4.74 Å². The SMILES string of the molecule is COC(=O)c1ccccc1Nc1nncc(N2CCN(c3ccccn3)CC2)n1. The van der Waals surface area contributed by atoms with E-state index in [2.05, 4.69) is 35.3 Å².